The molecule has 1 nitrogen and oxygen atoms in total. The molecule has 0 spiro atoms. The third kappa shape index (κ3) is 2.59. The smallest absolute Gasteiger partial charge is 0.127 e. The van der Waals surface area contributed by atoms with E-state index in [1.165, 1.54) is 12.1 Å². The van der Waals surface area contributed by atoms with Gasteiger partial charge in [-0.2, -0.15) is 0 Å². The van der Waals surface area contributed by atoms with Crippen molar-refractivity contribution in [1.82, 2.24) is 5.32 Å². The molecule has 1 N–H and O–H groups in total. The van der Waals surface area contributed by atoms with E-state index in [1.54, 1.807) is 6.07 Å². The van der Waals surface area contributed by atoms with Crippen LogP contribution in [0.1, 0.15) is 24.0 Å². The average Bonchev–Trinajstić information content (AvgIpc) is 2.24. The van der Waals surface area contributed by atoms with E-state index in [-0.39, 0.29) is 5.82 Å². The molecule has 0 saturated carbocycles. The van der Waals surface area contributed by atoms with E-state index in [4.69, 9.17) is 0 Å². The number of halogens is 2. The van der Waals surface area contributed by atoms with Gasteiger partial charge in [0.2, 0.25) is 0 Å². The van der Waals surface area contributed by atoms with Crippen molar-refractivity contribution >= 4 is 0 Å². The third-order valence-corrected chi connectivity index (χ3v) is 3.24. The third-order valence-electron chi connectivity index (χ3n) is 3.24. The van der Waals surface area contributed by atoms with Gasteiger partial charge in [-0.15, -0.1) is 0 Å². The first kappa shape index (κ1) is 11.5. The van der Waals surface area contributed by atoms with Crippen LogP contribution < -0.4 is 5.32 Å². The van der Waals surface area contributed by atoms with Crippen LogP contribution in [-0.2, 0) is 6.42 Å². The van der Waals surface area contributed by atoms with Crippen LogP contribution in [-0.4, -0.2) is 18.8 Å². The van der Waals surface area contributed by atoms with Crippen LogP contribution in [0, 0.1) is 12.7 Å². The molecule has 1 aliphatic rings. The van der Waals surface area contributed by atoms with Crippen molar-refractivity contribution in [2.24, 2.45) is 0 Å². The molecule has 1 aromatic carbocycles. The van der Waals surface area contributed by atoms with Gasteiger partial charge in [0.15, 0.2) is 0 Å². The first-order valence-electron chi connectivity index (χ1n) is 5.74. The van der Waals surface area contributed by atoms with E-state index in [2.05, 4.69) is 5.32 Å². The van der Waals surface area contributed by atoms with Crippen molar-refractivity contribution in [3.63, 3.8) is 0 Å². The molecule has 0 amide bonds. The molecule has 16 heavy (non-hydrogen) atoms. The van der Waals surface area contributed by atoms with E-state index < -0.39 is 5.67 Å². The standard InChI is InChI=1S/C13H17F2N/c1-10-3-4-12(14)7-11(10)8-13(15)5-2-6-16-9-13/h3-4,7,16H,2,5-6,8-9H2,1H3. The highest BCUT2D eigenvalue weighted by molar-refractivity contribution is 5.28. The fourth-order valence-electron chi connectivity index (χ4n) is 2.25. The minimum atomic E-state index is -1.21. The fraction of sp³-hybridized carbons (Fsp3) is 0.538. The zero-order valence-electron chi connectivity index (χ0n) is 9.52. The van der Waals surface area contributed by atoms with Gasteiger partial charge in [0.1, 0.15) is 11.5 Å². The second-order valence-corrected chi connectivity index (χ2v) is 4.68. The molecule has 1 aromatic rings. The normalized spacial score (nSPS) is 25.7. The Morgan fingerprint density at radius 3 is 2.94 bits per heavy atom. The highest BCUT2D eigenvalue weighted by Gasteiger charge is 2.32. The molecule has 0 aliphatic carbocycles. The maximum atomic E-state index is 14.4. The molecule has 3 heteroatoms. The summed E-state index contributed by atoms with van der Waals surface area (Å²) in [5.41, 5.74) is 0.534. The quantitative estimate of drug-likeness (QED) is 0.816. The summed E-state index contributed by atoms with van der Waals surface area (Å²) < 4.78 is 27.5. The lowest BCUT2D eigenvalue weighted by Crippen LogP contribution is -2.43. The Morgan fingerprint density at radius 1 is 1.44 bits per heavy atom. The summed E-state index contributed by atoms with van der Waals surface area (Å²) in [4.78, 5) is 0. The van der Waals surface area contributed by atoms with Gasteiger partial charge in [0, 0.05) is 13.0 Å². The maximum Gasteiger partial charge on any atom is 0.127 e. The lowest BCUT2D eigenvalue weighted by molar-refractivity contribution is 0.122. The number of aryl methyl sites for hydroxylation is 1. The van der Waals surface area contributed by atoms with Gasteiger partial charge in [-0.1, -0.05) is 6.07 Å². The highest BCUT2D eigenvalue weighted by atomic mass is 19.1. The SMILES string of the molecule is Cc1ccc(F)cc1CC1(F)CCCNC1. The summed E-state index contributed by atoms with van der Waals surface area (Å²) in [6.45, 7) is 3.16. The number of hydrogen-bond donors (Lipinski definition) is 1. The monoisotopic (exact) mass is 225 g/mol. The van der Waals surface area contributed by atoms with Crippen LogP contribution in [0.2, 0.25) is 0 Å². The highest BCUT2D eigenvalue weighted by Crippen LogP contribution is 2.27. The molecule has 1 saturated heterocycles. The van der Waals surface area contributed by atoms with Crippen LogP contribution in [0.4, 0.5) is 8.78 Å². The predicted octanol–water partition coefficient (Wildman–Crippen LogP) is 2.77. The van der Waals surface area contributed by atoms with E-state index >= 15 is 0 Å². The molecule has 2 rings (SSSR count). The summed E-state index contributed by atoms with van der Waals surface area (Å²) in [7, 11) is 0. The van der Waals surface area contributed by atoms with Crippen molar-refractivity contribution < 1.29 is 8.78 Å². The Morgan fingerprint density at radius 2 is 2.25 bits per heavy atom. The van der Waals surface area contributed by atoms with Crippen LogP contribution in [0.5, 0.6) is 0 Å². The zero-order valence-corrected chi connectivity index (χ0v) is 9.52. The molecular formula is C13H17F2N. The summed E-state index contributed by atoms with van der Waals surface area (Å²) in [6.07, 6.45) is 1.73. The largest absolute Gasteiger partial charge is 0.314 e. The van der Waals surface area contributed by atoms with Gasteiger partial charge in [-0.3, -0.25) is 0 Å². The Balaban J connectivity index is 2.15. The van der Waals surface area contributed by atoms with Crippen LogP contribution in [0.25, 0.3) is 0 Å². The number of alkyl halides is 1. The minimum Gasteiger partial charge on any atom is -0.314 e. The molecule has 88 valence electrons. The Bertz CT molecular complexity index is 370. The van der Waals surface area contributed by atoms with Gasteiger partial charge in [0.05, 0.1) is 0 Å². The first-order chi connectivity index (χ1) is 7.59. The molecule has 1 atom stereocenters. The van der Waals surface area contributed by atoms with Gasteiger partial charge in [0.25, 0.3) is 0 Å². The number of piperidine rings is 1. The summed E-state index contributed by atoms with van der Waals surface area (Å²) in [5, 5.41) is 3.06. The van der Waals surface area contributed by atoms with E-state index in [1.807, 2.05) is 6.92 Å². The number of benzene rings is 1. The first-order valence-corrected chi connectivity index (χ1v) is 5.74. The van der Waals surface area contributed by atoms with E-state index in [0.717, 1.165) is 24.1 Å². The second-order valence-electron chi connectivity index (χ2n) is 4.68. The number of rotatable bonds is 2. The van der Waals surface area contributed by atoms with Gasteiger partial charge in [-0.25, -0.2) is 8.78 Å². The van der Waals surface area contributed by atoms with Gasteiger partial charge >= 0.3 is 0 Å². The van der Waals surface area contributed by atoms with Crippen molar-refractivity contribution in [3.05, 3.63) is 35.1 Å². The van der Waals surface area contributed by atoms with Crippen LogP contribution in [0.3, 0.4) is 0 Å². The molecule has 0 bridgehead atoms. The zero-order chi connectivity index (χ0) is 11.6. The average molecular weight is 225 g/mol. The van der Waals surface area contributed by atoms with Gasteiger partial charge in [-0.05, 0) is 49.6 Å². The van der Waals surface area contributed by atoms with Crippen LogP contribution in [0.15, 0.2) is 18.2 Å². The van der Waals surface area contributed by atoms with Crippen molar-refractivity contribution in [2.75, 3.05) is 13.1 Å². The fourth-order valence-corrected chi connectivity index (χ4v) is 2.25. The molecular weight excluding hydrogens is 208 g/mol. The Kier molecular flexibility index (Phi) is 3.24. The number of nitrogens with one attached hydrogen (secondary N) is 1. The lowest BCUT2D eigenvalue weighted by atomic mass is 9.88. The molecule has 1 unspecified atom stereocenters. The predicted molar refractivity (Wildman–Crippen MR) is 60.8 cm³/mol. The molecule has 1 heterocycles. The van der Waals surface area contributed by atoms with Crippen molar-refractivity contribution in [2.45, 2.75) is 31.9 Å². The minimum absolute atomic E-state index is 0.284. The Labute approximate surface area is 94.9 Å². The van der Waals surface area contributed by atoms with E-state index in [9.17, 15) is 8.78 Å². The van der Waals surface area contributed by atoms with E-state index in [0.29, 0.717) is 19.4 Å². The second kappa shape index (κ2) is 4.50. The molecule has 1 aliphatic heterocycles. The summed E-state index contributed by atoms with van der Waals surface area (Å²) >= 11 is 0. The lowest BCUT2D eigenvalue weighted by Gasteiger charge is -2.30. The topological polar surface area (TPSA) is 12.0 Å². The maximum absolute atomic E-state index is 14.4. The van der Waals surface area contributed by atoms with Crippen molar-refractivity contribution in [3.8, 4) is 0 Å². The molecule has 1 fully saturated rings. The van der Waals surface area contributed by atoms with Gasteiger partial charge < -0.3 is 5.32 Å². The Hall–Kier alpha value is -0.960. The van der Waals surface area contributed by atoms with Crippen LogP contribution >= 0.6 is 0 Å². The number of hydrogen-bond acceptors (Lipinski definition) is 1. The molecule has 0 aromatic heterocycles. The molecule has 0 radical (unpaired) electrons. The summed E-state index contributed by atoms with van der Waals surface area (Å²) in [6, 6.07) is 4.58. The summed E-state index contributed by atoms with van der Waals surface area (Å²) in [5.74, 6) is -0.284. The van der Waals surface area contributed by atoms with Crippen molar-refractivity contribution in [1.29, 1.82) is 0 Å².